The number of H-pyrrole nitrogens is 1. The Hall–Kier alpha value is -3.00. The summed E-state index contributed by atoms with van der Waals surface area (Å²) in [6.07, 6.45) is 13.3. The molecule has 0 aliphatic carbocycles. The fourth-order valence-electron chi connectivity index (χ4n) is 2.22. The van der Waals surface area contributed by atoms with Crippen molar-refractivity contribution in [2.75, 3.05) is 0 Å². The highest BCUT2D eigenvalue weighted by atomic mass is 15.5. The van der Waals surface area contributed by atoms with E-state index in [0.29, 0.717) is 0 Å². The van der Waals surface area contributed by atoms with E-state index < -0.39 is 0 Å². The first-order valence-electron chi connectivity index (χ1n) is 5.91. The highest BCUT2D eigenvalue weighted by Crippen LogP contribution is 2.36. The molecule has 4 heterocycles. The zero-order chi connectivity index (χ0) is 13.4. The molecule has 8 heteroatoms. The molecule has 2 aromatic heterocycles. The molecule has 96 valence electrons. The van der Waals surface area contributed by atoms with E-state index in [1.165, 1.54) is 6.34 Å². The van der Waals surface area contributed by atoms with Crippen molar-refractivity contribution in [3.8, 4) is 11.3 Å². The number of nitrogens with one attached hydrogen (secondary N) is 1. The largest absolute Gasteiger partial charge is 0.266 e. The summed E-state index contributed by atoms with van der Waals surface area (Å²) in [4.78, 5) is 21.0. The van der Waals surface area contributed by atoms with Crippen LogP contribution in [0.1, 0.15) is 0 Å². The summed E-state index contributed by atoms with van der Waals surface area (Å²) >= 11 is 0. The Morgan fingerprint density at radius 3 is 2.90 bits per heavy atom. The van der Waals surface area contributed by atoms with E-state index in [9.17, 15) is 0 Å². The van der Waals surface area contributed by atoms with Gasteiger partial charge in [-0.2, -0.15) is 15.1 Å². The van der Waals surface area contributed by atoms with Crippen LogP contribution in [0.3, 0.4) is 0 Å². The standard InChI is InChI=1S/C12H9N8/c1-2-16-10(4-13-1)9-3-18-19-12(9)20-7-14-5-11(20)17-6-15-8-20/h1-8H,(H,18,19)/q+1. The van der Waals surface area contributed by atoms with E-state index in [1.54, 1.807) is 43.7 Å². The molecule has 0 aromatic carbocycles. The van der Waals surface area contributed by atoms with Crippen molar-refractivity contribution in [3.63, 3.8) is 0 Å². The maximum absolute atomic E-state index is 4.31. The Morgan fingerprint density at radius 1 is 1.05 bits per heavy atom. The molecule has 0 bridgehead atoms. The van der Waals surface area contributed by atoms with Crippen LogP contribution in [0.15, 0.2) is 51.8 Å². The molecule has 1 N–H and O–H groups in total. The summed E-state index contributed by atoms with van der Waals surface area (Å²) in [5.41, 5.74) is 1.56. The van der Waals surface area contributed by atoms with Gasteiger partial charge in [-0.25, -0.2) is 10.1 Å². The number of aromatic amines is 1. The fourth-order valence-corrected chi connectivity index (χ4v) is 2.22. The van der Waals surface area contributed by atoms with Crippen molar-refractivity contribution < 1.29 is 0 Å². The summed E-state index contributed by atoms with van der Waals surface area (Å²) < 4.78 is 0.169. The molecule has 2 aliphatic heterocycles. The highest BCUT2D eigenvalue weighted by molar-refractivity contribution is 6.03. The number of quaternary nitrogens is 1. The third-order valence-electron chi connectivity index (χ3n) is 3.15. The Labute approximate surface area is 113 Å². The van der Waals surface area contributed by atoms with E-state index >= 15 is 0 Å². The third kappa shape index (κ3) is 1.39. The van der Waals surface area contributed by atoms with Gasteiger partial charge < -0.3 is 0 Å². The van der Waals surface area contributed by atoms with E-state index in [2.05, 4.69) is 35.1 Å². The second kappa shape index (κ2) is 4.00. The molecule has 1 unspecified atom stereocenters. The van der Waals surface area contributed by atoms with Gasteiger partial charge in [0.1, 0.15) is 18.1 Å². The van der Waals surface area contributed by atoms with Gasteiger partial charge in [0, 0.05) is 12.4 Å². The molecule has 0 amide bonds. The van der Waals surface area contributed by atoms with Crippen LogP contribution in [-0.4, -0.2) is 39.2 Å². The minimum atomic E-state index is 0.169. The number of nitrogens with zero attached hydrogens (tertiary/aromatic N) is 7. The summed E-state index contributed by atoms with van der Waals surface area (Å²) in [7, 11) is 0. The topological polar surface area (TPSA) is 91.5 Å². The number of fused-ring (bicyclic) bond motifs is 1. The minimum absolute atomic E-state index is 0.169. The van der Waals surface area contributed by atoms with Crippen molar-refractivity contribution in [1.29, 1.82) is 0 Å². The first-order chi connectivity index (χ1) is 9.90. The summed E-state index contributed by atoms with van der Waals surface area (Å²) in [6.45, 7) is 0. The van der Waals surface area contributed by atoms with Gasteiger partial charge in [-0.1, -0.05) is 0 Å². The summed E-state index contributed by atoms with van der Waals surface area (Å²) in [5.74, 6) is 1.52. The Bertz CT molecular complexity index is 770. The molecule has 8 nitrogen and oxygen atoms in total. The molecule has 0 saturated heterocycles. The molecule has 0 saturated carbocycles. The number of hydrogen-bond donors (Lipinski definition) is 1. The van der Waals surface area contributed by atoms with Crippen LogP contribution in [0.5, 0.6) is 0 Å². The van der Waals surface area contributed by atoms with Gasteiger partial charge in [-0.05, 0) is 0 Å². The molecule has 2 aromatic rings. The molecule has 2 aliphatic rings. The lowest BCUT2D eigenvalue weighted by Gasteiger charge is -2.24. The number of rotatable bonds is 2. The lowest BCUT2D eigenvalue weighted by molar-refractivity contribution is 0.721. The molecule has 0 fully saturated rings. The zero-order valence-electron chi connectivity index (χ0n) is 10.2. The average molecular weight is 265 g/mol. The van der Waals surface area contributed by atoms with Gasteiger partial charge in [0.05, 0.1) is 18.1 Å². The van der Waals surface area contributed by atoms with Crippen LogP contribution in [0.2, 0.25) is 0 Å². The molecule has 4 rings (SSSR count). The Morgan fingerprint density at radius 2 is 2.00 bits per heavy atom. The molecule has 20 heavy (non-hydrogen) atoms. The first kappa shape index (κ1) is 10.9. The van der Waals surface area contributed by atoms with Crippen LogP contribution in [-0.2, 0) is 0 Å². The quantitative estimate of drug-likeness (QED) is 0.824. The number of aliphatic imine (C=N–C) groups is 3. The lowest BCUT2D eigenvalue weighted by Crippen LogP contribution is -2.45. The van der Waals surface area contributed by atoms with Gasteiger partial charge in [-0.15, -0.1) is 4.48 Å². The molecular formula is C12H9N8+. The van der Waals surface area contributed by atoms with Crippen molar-refractivity contribution in [1.82, 2.24) is 24.6 Å². The molecule has 0 radical (unpaired) electrons. The highest BCUT2D eigenvalue weighted by Gasteiger charge is 2.42. The number of hydrogen-bond acceptors (Lipinski definition) is 6. The first-order valence-corrected chi connectivity index (χ1v) is 5.91. The molecule has 1 atom stereocenters. The summed E-state index contributed by atoms with van der Waals surface area (Å²) in [6, 6.07) is 0. The monoisotopic (exact) mass is 265 g/mol. The zero-order valence-corrected chi connectivity index (χ0v) is 10.2. The molecule has 0 spiro atoms. The van der Waals surface area contributed by atoms with Crippen LogP contribution in [0, 0.1) is 0 Å². The average Bonchev–Trinajstić information content (AvgIpc) is 3.15. The number of aromatic nitrogens is 4. The normalized spacial score (nSPS) is 22.9. The van der Waals surface area contributed by atoms with Gasteiger partial charge in [0.25, 0.3) is 11.6 Å². The maximum Gasteiger partial charge on any atom is 0.266 e. The smallest absolute Gasteiger partial charge is 0.261 e. The van der Waals surface area contributed by atoms with E-state index in [0.717, 1.165) is 22.9 Å². The lowest BCUT2D eigenvalue weighted by atomic mass is 10.2. The van der Waals surface area contributed by atoms with Crippen LogP contribution in [0.25, 0.3) is 11.3 Å². The van der Waals surface area contributed by atoms with Gasteiger partial charge in [0.15, 0.2) is 0 Å². The predicted octanol–water partition coefficient (Wildman–Crippen LogP) is 1.08. The van der Waals surface area contributed by atoms with E-state index in [1.807, 2.05) is 0 Å². The van der Waals surface area contributed by atoms with Gasteiger partial charge in [0.2, 0.25) is 12.7 Å². The third-order valence-corrected chi connectivity index (χ3v) is 3.15. The second-order valence-electron chi connectivity index (χ2n) is 4.26. The SMILES string of the molecule is C1=NC=NC2=CN=C[N+]12c1[nH]ncc1-c1cnccn1. The Balaban J connectivity index is 1.91. The maximum atomic E-state index is 4.31. The fraction of sp³-hybridized carbons (Fsp3) is 0. The Kier molecular flexibility index (Phi) is 2.18. The van der Waals surface area contributed by atoms with E-state index in [-0.39, 0.29) is 4.48 Å². The van der Waals surface area contributed by atoms with Crippen LogP contribution in [0.4, 0.5) is 5.82 Å². The predicted molar refractivity (Wildman–Crippen MR) is 75.0 cm³/mol. The van der Waals surface area contributed by atoms with Crippen LogP contribution >= 0.6 is 0 Å². The van der Waals surface area contributed by atoms with E-state index in [4.69, 9.17) is 0 Å². The van der Waals surface area contributed by atoms with Gasteiger partial charge in [-0.3, -0.25) is 9.97 Å². The van der Waals surface area contributed by atoms with Crippen molar-refractivity contribution in [3.05, 3.63) is 36.8 Å². The summed E-state index contributed by atoms with van der Waals surface area (Å²) in [5, 5.41) is 7.11. The van der Waals surface area contributed by atoms with Crippen molar-refractivity contribution in [2.45, 2.75) is 0 Å². The van der Waals surface area contributed by atoms with Crippen molar-refractivity contribution in [2.24, 2.45) is 15.0 Å². The van der Waals surface area contributed by atoms with Crippen LogP contribution < -0.4 is 4.48 Å². The van der Waals surface area contributed by atoms with Crippen molar-refractivity contribution >= 4 is 24.8 Å². The second-order valence-corrected chi connectivity index (χ2v) is 4.26. The van der Waals surface area contributed by atoms with Gasteiger partial charge >= 0.3 is 0 Å². The minimum Gasteiger partial charge on any atom is -0.261 e. The molecular weight excluding hydrogens is 256 g/mol.